The van der Waals surface area contributed by atoms with Crippen molar-refractivity contribution in [2.24, 2.45) is 0 Å². The smallest absolute Gasteiger partial charge is 0.357 e. The van der Waals surface area contributed by atoms with Crippen molar-refractivity contribution in [3.8, 4) is 11.3 Å². The molecule has 1 unspecified atom stereocenters. The first-order chi connectivity index (χ1) is 14.9. The van der Waals surface area contributed by atoms with E-state index >= 15 is 0 Å². The summed E-state index contributed by atoms with van der Waals surface area (Å²) in [5.74, 6) is -1.07. The zero-order valence-electron chi connectivity index (χ0n) is 17.8. The molecule has 7 nitrogen and oxygen atoms in total. The fourth-order valence-corrected chi connectivity index (χ4v) is 2.98. The van der Waals surface area contributed by atoms with Crippen LogP contribution < -0.4 is 5.32 Å². The van der Waals surface area contributed by atoms with Crippen molar-refractivity contribution in [1.82, 2.24) is 10.2 Å². The Hall–Kier alpha value is -3.74. The average molecular weight is 419 g/mol. The predicted molar refractivity (Wildman–Crippen MR) is 118 cm³/mol. The molecule has 3 aromatic rings. The Morgan fingerprint density at radius 3 is 2.39 bits per heavy atom. The van der Waals surface area contributed by atoms with E-state index < -0.39 is 12.1 Å². The number of hydrogen-bond donors (Lipinski definition) is 2. The van der Waals surface area contributed by atoms with Gasteiger partial charge >= 0.3 is 5.97 Å². The third-order valence-corrected chi connectivity index (χ3v) is 4.73. The molecule has 1 atom stereocenters. The summed E-state index contributed by atoms with van der Waals surface area (Å²) < 4.78 is 5.32. The van der Waals surface area contributed by atoms with Crippen molar-refractivity contribution in [2.45, 2.75) is 39.7 Å². The van der Waals surface area contributed by atoms with Crippen LogP contribution in [0.4, 0.5) is 5.69 Å². The molecule has 0 aliphatic rings. The van der Waals surface area contributed by atoms with Crippen LogP contribution in [0.3, 0.4) is 0 Å². The summed E-state index contributed by atoms with van der Waals surface area (Å²) in [7, 11) is 0. The van der Waals surface area contributed by atoms with Crippen molar-refractivity contribution in [1.29, 1.82) is 0 Å². The number of benzene rings is 2. The number of rotatable bonds is 8. The topological polar surface area (TPSA) is 101 Å². The van der Waals surface area contributed by atoms with Crippen molar-refractivity contribution < 1.29 is 19.1 Å². The van der Waals surface area contributed by atoms with E-state index in [1.807, 2.05) is 38.1 Å². The molecule has 1 heterocycles. The summed E-state index contributed by atoms with van der Waals surface area (Å²) in [6.07, 6.45) is 0.222. The minimum atomic E-state index is -0.973. The highest BCUT2D eigenvalue weighted by molar-refractivity contribution is 6.01. The van der Waals surface area contributed by atoms with Crippen LogP contribution in [-0.2, 0) is 9.53 Å². The highest BCUT2D eigenvalue weighted by Gasteiger charge is 2.22. The molecule has 1 amide bonds. The summed E-state index contributed by atoms with van der Waals surface area (Å²) in [5, 5.41) is 9.58. The monoisotopic (exact) mass is 419 g/mol. The number of ether oxygens (including phenoxy) is 1. The van der Waals surface area contributed by atoms with Gasteiger partial charge in [0, 0.05) is 23.2 Å². The maximum absolute atomic E-state index is 12.6. The van der Waals surface area contributed by atoms with Gasteiger partial charge in [-0.25, -0.2) is 4.79 Å². The molecule has 2 aromatic carbocycles. The van der Waals surface area contributed by atoms with Gasteiger partial charge in [0.05, 0.1) is 5.69 Å². The second-order valence-electron chi connectivity index (χ2n) is 7.32. The van der Waals surface area contributed by atoms with Gasteiger partial charge in [-0.2, -0.15) is 5.10 Å². The normalized spacial score (nSPS) is 11.6. The van der Waals surface area contributed by atoms with Crippen molar-refractivity contribution >= 4 is 23.3 Å². The van der Waals surface area contributed by atoms with E-state index in [-0.39, 0.29) is 17.4 Å². The molecule has 31 heavy (non-hydrogen) atoms. The molecule has 0 aliphatic heterocycles. The lowest BCUT2D eigenvalue weighted by molar-refractivity contribution is -0.116. The minimum absolute atomic E-state index is 0.0755. The molecule has 160 valence electrons. The van der Waals surface area contributed by atoms with Crippen LogP contribution >= 0.6 is 0 Å². The van der Waals surface area contributed by atoms with Gasteiger partial charge in [-0.15, -0.1) is 0 Å². The summed E-state index contributed by atoms with van der Waals surface area (Å²) in [4.78, 5) is 36.7. The highest BCUT2D eigenvalue weighted by Crippen LogP contribution is 2.19. The second-order valence-corrected chi connectivity index (χ2v) is 7.32. The van der Waals surface area contributed by atoms with Crippen molar-refractivity contribution in [3.63, 3.8) is 0 Å². The molecule has 7 heteroatoms. The van der Waals surface area contributed by atoms with Gasteiger partial charge in [0.15, 0.2) is 6.10 Å². The standard InChI is InChI=1S/C24H25N3O4/c1-4-5-22(28)25-19-12-10-18(11-13-19)23(29)16(3)31-24(30)21-14-20(26-27-21)17-8-6-15(2)7-9-17/h6-14,16H,4-5H2,1-3H3,(H,25,28)(H,26,27). The van der Waals surface area contributed by atoms with Gasteiger partial charge < -0.3 is 10.1 Å². The molecular formula is C24H25N3O4. The molecule has 0 bridgehead atoms. The Balaban J connectivity index is 1.61. The van der Waals surface area contributed by atoms with Crippen LogP contribution in [0, 0.1) is 6.92 Å². The zero-order chi connectivity index (χ0) is 22.4. The minimum Gasteiger partial charge on any atom is -0.450 e. The number of nitrogens with one attached hydrogen (secondary N) is 2. The first kappa shape index (κ1) is 22.0. The summed E-state index contributed by atoms with van der Waals surface area (Å²) in [6, 6.07) is 15.8. The Kier molecular flexibility index (Phi) is 6.97. The lowest BCUT2D eigenvalue weighted by Crippen LogP contribution is -2.24. The molecular weight excluding hydrogens is 394 g/mol. The Bertz CT molecular complexity index is 1070. The number of aromatic amines is 1. The number of hydrogen-bond acceptors (Lipinski definition) is 5. The molecule has 2 N–H and O–H groups in total. The molecule has 0 saturated heterocycles. The summed E-state index contributed by atoms with van der Waals surface area (Å²) >= 11 is 0. The van der Waals surface area contributed by atoms with Crippen molar-refractivity contribution in [2.75, 3.05) is 5.32 Å². The molecule has 0 fully saturated rings. The maximum Gasteiger partial charge on any atom is 0.357 e. The lowest BCUT2D eigenvalue weighted by Gasteiger charge is -2.12. The van der Waals surface area contributed by atoms with Crippen LogP contribution in [-0.4, -0.2) is 34.0 Å². The first-order valence-electron chi connectivity index (χ1n) is 10.1. The van der Waals surface area contributed by atoms with Gasteiger partial charge in [-0.3, -0.25) is 14.7 Å². The van der Waals surface area contributed by atoms with E-state index in [0.29, 0.717) is 23.4 Å². The van der Waals surface area contributed by atoms with Crippen LogP contribution in [0.25, 0.3) is 11.3 Å². The predicted octanol–water partition coefficient (Wildman–Crippen LogP) is 4.55. The maximum atomic E-state index is 12.6. The Morgan fingerprint density at radius 2 is 1.74 bits per heavy atom. The molecule has 0 saturated carbocycles. The molecule has 0 radical (unpaired) electrons. The molecule has 0 spiro atoms. The van der Waals surface area contributed by atoms with E-state index in [9.17, 15) is 14.4 Å². The van der Waals surface area contributed by atoms with Gasteiger partial charge in [-0.1, -0.05) is 36.8 Å². The van der Waals surface area contributed by atoms with E-state index in [1.54, 1.807) is 30.3 Å². The van der Waals surface area contributed by atoms with Gasteiger partial charge in [-0.05, 0) is 50.6 Å². The number of carbonyl (C=O) groups excluding carboxylic acids is 3. The quantitative estimate of drug-likeness (QED) is 0.412. The number of H-pyrrole nitrogens is 1. The fourth-order valence-electron chi connectivity index (χ4n) is 2.98. The number of carbonyl (C=O) groups is 3. The number of amides is 1. The molecule has 1 aromatic heterocycles. The Morgan fingerprint density at radius 1 is 1.06 bits per heavy atom. The summed E-state index contributed by atoms with van der Waals surface area (Å²) in [5.41, 5.74) is 3.79. The lowest BCUT2D eigenvalue weighted by atomic mass is 10.1. The number of Topliss-reactive ketones (excluding diaryl/α,β-unsaturated/α-hetero) is 1. The summed E-state index contributed by atoms with van der Waals surface area (Å²) in [6.45, 7) is 5.44. The first-order valence-corrected chi connectivity index (χ1v) is 10.1. The van der Waals surface area contributed by atoms with Crippen molar-refractivity contribution in [3.05, 3.63) is 71.4 Å². The third kappa shape index (κ3) is 5.66. The van der Waals surface area contributed by atoms with Crippen LogP contribution in [0.5, 0.6) is 0 Å². The third-order valence-electron chi connectivity index (χ3n) is 4.73. The van der Waals surface area contributed by atoms with Crippen LogP contribution in [0.15, 0.2) is 54.6 Å². The SMILES string of the molecule is CCCC(=O)Nc1ccc(C(=O)C(C)OC(=O)c2cc(-c3ccc(C)cc3)n[nH]2)cc1. The number of aromatic nitrogens is 2. The van der Waals surface area contributed by atoms with E-state index in [4.69, 9.17) is 4.74 Å². The highest BCUT2D eigenvalue weighted by atomic mass is 16.5. The van der Waals surface area contributed by atoms with Crippen LogP contribution in [0.2, 0.25) is 0 Å². The van der Waals surface area contributed by atoms with Gasteiger partial charge in [0.25, 0.3) is 0 Å². The fraction of sp³-hybridized carbons (Fsp3) is 0.250. The largest absolute Gasteiger partial charge is 0.450 e. The number of esters is 1. The second kappa shape index (κ2) is 9.84. The van der Waals surface area contributed by atoms with Gasteiger partial charge in [0.1, 0.15) is 5.69 Å². The van der Waals surface area contributed by atoms with E-state index in [1.165, 1.54) is 6.92 Å². The number of aryl methyl sites for hydroxylation is 1. The molecule has 0 aliphatic carbocycles. The zero-order valence-corrected chi connectivity index (χ0v) is 17.8. The van der Waals surface area contributed by atoms with E-state index in [2.05, 4.69) is 15.5 Å². The van der Waals surface area contributed by atoms with Gasteiger partial charge in [0.2, 0.25) is 11.7 Å². The number of ketones is 1. The number of nitrogens with zero attached hydrogens (tertiary/aromatic N) is 1. The number of anilines is 1. The Labute approximate surface area is 180 Å². The molecule has 3 rings (SSSR count). The average Bonchev–Trinajstić information content (AvgIpc) is 3.25. The van der Waals surface area contributed by atoms with E-state index in [0.717, 1.165) is 17.5 Å². The van der Waals surface area contributed by atoms with Crippen LogP contribution in [0.1, 0.15) is 53.1 Å².